The fourth-order valence-electron chi connectivity index (χ4n) is 1.90. The van der Waals surface area contributed by atoms with Gasteiger partial charge in [-0.25, -0.2) is 0 Å². The normalized spacial score (nSPS) is 19.7. The first-order valence-electron chi connectivity index (χ1n) is 6.48. The van der Waals surface area contributed by atoms with Crippen molar-refractivity contribution in [1.29, 1.82) is 0 Å². The monoisotopic (exact) mass is 251 g/mol. The largest absolute Gasteiger partial charge is 0.593 e. The van der Waals surface area contributed by atoms with E-state index in [1.54, 1.807) is 0 Å². The van der Waals surface area contributed by atoms with E-state index in [4.69, 9.17) is 0 Å². The summed E-state index contributed by atoms with van der Waals surface area (Å²) in [6, 6.07) is 8.64. The number of rotatable bonds is 5. The topological polar surface area (TPSA) is 35.1 Å². The molecule has 0 bridgehead atoms. The summed E-state index contributed by atoms with van der Waals surface area (Å²) in [5.74, 6) is 0.581. The highest BCUT2D eigenvalue weighted by molar-refractivity contribution is 7.89. The van der Waals surface area contributed by atoms with Crippen LogP contribution in [0.3, 0.4) is 0 Å². The van der Waals surface area contributed by atoms with Crippen LogP contribution in [0.1, 0.15) is 51.0 Å². The molecule has 0 aromatic heterocycles. The third-order valence-electron chi connectivity index (χ3n) is 3.65. The zero-order chi connectivity index (χ0) is 12.3. The van der Waals surface area contributed by atoms with Crippen LogP contribution in [0.2, 0.25) is 0 Å². The van der Waals surface area contributed by atoms with E-state index in [0.29, 0.717) is 12.0 Å². The fraction of sp³-hybridized carbons (Fsp3) is 0.571. The van der Waals surface area contributed by atoms with Gasteiger partial charge in [0.25, 0.3) is 0 Å². The van der Waals surface area contributed by atoms with Crippen LogP contribution in [0.4, 0.5) is 0 Å². The van der Waals surface area contributed by atoms with Crippen LogP contribution in [0, 0.1) is 0 Å². The molecule has 17 heavy (non-hydrogen) atoms. The third-order valence-corrected chi connectivity index (χ3v) is 4.90. The molecule has 1 aromatic rings. The summed E-state index contributed by atoms with van der Waals surface area (Å²) in [7, 11) is 0. The van der Waals surface area contributed by atoms with Crippen molar-refractivity contribution in [2.24, 2.45) is 0 Å². The van der Waals surface area contributed by atoms with Crippen LogP contribution >= 0.6 is 0 Å². The maximum absolute atomic E-state index is 12.0. The second-order valence-electron chi connectivity index (χ2n) is 4.89. The molecule has 1 aliphatic carbocycles. The van der Waals surface area contributed by atoms with Crippen LogP contribution in [-0.2, 0) is 11.4 Å². The summed E-state index contributed by atoms with van der Waals surface area (Å²) in [6.45, 7) is 4.41. The molecule has 94 valence electrons. The molecule has 2 atom stereocenters. The van der Waals surface area contributed by atoms with E-state index in [2.05, 4.69) is 30.7 Å². The quantitative estimate of drug-likeness (QED) is 0.814. The molecule has 2 unspecified atom stereocenters. The van der Waals surface area contributed by atoms with Gasteiger partial charge in [-0.15, -0.1) is 4.72 Å². The molecule has 0 saturated heterocycles. The zero-order valence-corrected chi connectivity index (χ0v) is 11.4. The first kappa shape index (κ1) is 12.9. The minimum atomic E-state index is -1.04. The second kappa shape index (κ2) is 5.89. The Morgan fingerprint density at radius 2 is 2.00 bits per heavy atom. The van der Waals surface area contributed by atoms with E-state index in [-0.39, 0.29) is 0 Å². The molecule has 1 N–H and O–H groups in total. The lowest BCUT2D eigenvalue weighted by molar-refractivity contribution is 0.383. The summed E-state index contributed by atoms with van der Waals surface area (Å²) in [4.78, 5) is 0.893. The van der Waals surface area contributed by atoms with Gasteiger partial charge in [-0.1, -0.05) is 32.4 Å². The van der Waals surface area contributed by atoms with Crippen LogP contribution in [0.5, 0.6) is 0 Å². The van der Waals surface area contributed by atoms with Gasteiger partial charge < -0.3 is 4.55 Å². The van der Waals surface area contributed by atoms with Crippen LogP contribution in [0.15, 0.2) is 29.2 Å². The van der Waals surface area contributed by atoms with E-state index in [9.17, 15) is 4.55 Å². The minimum Gasteiger partial charge on any atom is -0.593 e. The lowest BCUT2D eigenvalue weighted by Crippen LogP contribution is -2.39. The van der Waals surface area contributed by atoms with Crippen molar-refractivity contribution in [3.63, 3.8) is 0 Å². The molecule has 0 aliphatic heterocycles. The van der Waals surface area contributed by atoms with E-state index < -0.39 is 11.4 Å². The number of benzene rings is 1. The molecular formula is C14H21NOS. The Morgan fingerprint density at radius 1 is 1.35 bits per heavy atom. The molecule has 0 spiro atoms. The minimum absolute atomic E-state index is 0.463. The number of hydrogen-bond acceptors (Lipinski definition) is 2. The van der Waals surface area contributed by atoms with Crippen molar-refractivity contribution in [2.45, 2.75) is 56.4 Å². The Hall–Kier alpha value is -0.510. The molecule has 2 nitrogen and oxygen atoms in total. The Labute approximate surface area is 107 Å². The molecule has 1 aromatic carbocycles. The molecule has 1 saturated carbocycles. The van der Waals surface area contributed by atoms with Crippen LogP contribution in [-0.4, -0.2) is 10.6 Å². The Balaban J connectivity index is 1.96. The van der Waals surface area contributed by atoms with Gasteiger partial charge in [0.05, 0.1) is 17.4 Å². The highest BCUT2D eigenvalue weighted by Gasteiger charge is 2.23. The molecule has 1 fully saturated rings. The predicted molar refractivity (Wildman–Crippen MR) is 72.3 cm³/mol. The van der Waals surface area contributed by atoms with Crippen molar-refractivity contribution in [3.05, 3.63) is 29.8 Å². The lowest BCUT2D eigenvalue weighted by Gasteiger charge is -2.26. The first-order chi connectivity index (χ1) is 8.20. The van der Waals surface area contributed by atoms with Crippen molar-refractivity contribution in [2.75, 3.05) is 0 Å². The third kappa shape index (κ3) is 3.24. The van der Waals surface area contributed by atoms with Crippen molar-refractivity contribution in [1.82, 2.24) is 4.72 Å². The Morgan fingerprint density at radius 3 is 2.47 bits per heavy atom. The van der Waals surface area contributed by atoms with Crippen molar-refractivity contribution < 1.29 is 4.55 Å². The zero-order valence-electron chi connectivity index (χ0n) is 10.6. The fourth-order valence-corrected chi connectivity index (χ4v) is 2.96. The highest BCUT2D eigenvalue weighted by Crippen LogP contribution is 2.23. The molecule has 0 radical (unpaired) electrons. The summed E-state index contributed by atoms with van der Waals surface area (Å²) in [5, 5.41) is 0. The average Bonchev–Trinajstić information content (AvgIpc) is 2.32. The van der Waals surface area contributed by atoms with Gasteiger partial charge in [0, 0.05) is 0 Å². The Kier molecular flexibility index (Phi) is 4.48. The highest BCUT2D eigenvalue weighted by atomic mass is 32.2. The number of hydrogen-bond donors (Lipinski definition) is 1. The molecule has 2 rings (SSSR count). The summed E-state index contributed by atoms with van der Waals surface area (Å²) in [5.41, 5.74) is 1.33. The SMILES string of the molecule is CCC(C)c1ccc([S+]([O-])NC2CCC2)cc1. The first-order valence-corrected chi connectivity index (χ1v) is 7.63. The van der Waals surface area contributed by atoms with E-state index in [1.807, 2.05) is 12.1 Å². The van der Waals surface area contributed by atoms with Gasteiger partial charge in [0.2, 0.25) is 0 Å². The molecule has 1 aliphatic rings. The van der Waals surface area contributed by atoms with Crippen LogP contribution in [0.25, 0.3) is 0 Å². The van der Waals surface area contributed by atoms with Gasteiger partial charge in [-0.05, 0) is 42.9 Å². The summed E-state index contributed by atoms with van der Waals surface area (Å²) in [6.07, 6.45) is 4.73. The Bertz CT molecular complexity index is 348. The van der Waals surface area contributed by atoms with Crippen molar-refractivity contribution in [3.8, 4) is 0 Å². The maximum Gasteiger partial charge on any atom is 0.173 e. The van der Waals surface area contributed by atoms with E-state index >= 15 is 0 Å². The predicted octanol–water partition coefficient (Wildman–Crippen LogP) is 3.36. The molecule has 0 amide bonds. The van der Waals surface area contributed by atoms with Gasteiger partial charge in [0.1, 0.15) is 0 Å². The molecular weight excluding hydrogens is 230 g/mol. The standard InChI is InChI=1S/C14H21NOS/c1-3-11(2)12-7-9-14(10-8-12)17(16)15-13-5-4-6-13/h7-11,13,15H,3-6H2,1-2H3. The van der Waals surface area contributed by atoms with Gasteiger partial charge >= 0.3 is 0 Å². The summed E-state index contributed by atoms with van der Waals surface area (Å²) < 4.78 is 15.2. The average molecular weight is 251 g/mol. The lowest BCUT2D eigenvalue weighted by atomic mass is 9.94. The van der Waals surface area contributed by atoms with Crippen LogP contribution < -0.4 is 4.72 Å². The smallest absolute Gasteiger partial charge is 0.173 e. The second-order valence-corrected chi connectivity index (χ2v) is 6.14. The van der Waals surface area contributed by atoms with E-state index in [1.165, 1.54) is 12.0 Å². The van der Waals surface area contributed by atoms with Gasteiger partial charge in [-0.2, -0.15) is 0 Å². The maximum atomic E-state index is 12.0. The van der Waals surface area contributed by atoms with E-state index in [0.717, 1.165) is 24.2 Å². The van der Waals surface area contributed by atoms with Gasteiger partial charge in [0.15, 0.2) is 4.90 Å². The molecule has 0 heterocycles. The van der Waals surface area contributed by atoms with Gasteiger partial charge in [-0.3, -0.25) is 0 Å². The van der Waals surface area contributed by atoms with Crippen molar-refractivity contribution >= 4 is 11.4 Å². The number of nitrogens with one attached hydrogen (secondary N) is 1. The summed E-state index contributed by atoms with van der Waals surface area (Å²) >= 11 is -1.04. The molecule has 3 heteroatoms.